The van der Waals surface area contributed by atoms with Gasteiger partial charge >= 0.3 is 0 Å². The summed E-state index contributed by atoms with van der Waals surface area (Å²) in [6.07, 6.45) is 4.65. The van der Waals surface area contributed by atoms with Gasteiger partial charge in [-0.25, -0.2) is 0 Å². The molecule has 1 amide bonds. The molecule has 2 rings (SSSR count). The molecule has 0 radical (unpaired) electrons. The van der Waals surface area contributed by atoms with Crippen LogP contribution in [0.15, 0.2) is 0 Å². The molecular weight excluding hydrogens is 204 g/mol. The summed E-state index contributed by atoms with van der Waals surface area (Å²) < 4.78 is 5.40. The van der Waals surface area contributed by atoms with E-state index >= 15 is 0 Å². The normalized spacial score (nSPS) is 28.6. The van der Waals surface area contributed by atoms with Crippen molar-refractivity contribution in [2.24, 2.45) is 5.73 Å². The van der Waals surface area contributed by atoms with Gasteiger partial charge in [0.25, 0.3) is 0 Å². The SMILES string of the molecule is CCC1COCCN1C(=O)CC1(N)CCC1. The Labute approximate surface area is 97.1 Å². The van der Waals surface area contributed by atoms with Crippen LogP contribution in [0.1, 0.15) is 39.0 Å². The second-order valence-corrected chi connectivity index (χ2v) is 5.12. The highest BCUT2D eigenvalue weighted by Crippen LogP contribution is 2.33. The summed E-state index contributed by atoms with van der Waals surface area (Å²) in [4.78, 5) is 14.1. The van der Waals surface area contributed by atoms with Crippen LogP contribution in [0, 0.1) is 0 Å². The minimum Gasteiger partial charge on any atom is -0.377 e. The highest BCUT2D eigenvalue weighted by molar-refractivity contribution is 5.78. The first-order chi connectivity index (χ1) is 7.64. The largest absolute Gasteiger partial charge is 0.377 e. The van der Waals surface area contributed by atoms with Crippen LogP contribution in [0.25, 0.3) is 0 Å². The van der Waals surface area contributed by atoms with Crippen molar-refractivity contribution in [2.75, 3.05) is 19.8 Å². The lowest BCUT2D eigenvalue weighted by molar-refractivity contribution is -0.142. The van der Waals surface area contributed by atoms with Gasteiger partial charge in [-0.2, -0.15) is 0 Å². The van der Waals surface area contributed by atoms with Crippen molar-refractivity contribution in [3.8, 4) is 0 Å². The van der Waals surface area contributed by atoms with Crippen LogP contribution >= 0.6 is 0 Å². The van der Waals surface area contributed by atoms with Crippen LogP contribution in [0.3, 0.4) is 0 Å². The van der Waals surface area contributed by atoms with Gasteiger partial charge in [0.15, 0.2) is 0 Å². The maximum atomic E-state index is 12.2. The number of carbonyl (C=O) groups excluding carboxylic acids is 1. The van der Waals surface area contributed by atoms with Crippen molar-refractivity contribution < 1.29 is 9.53 Å². The summed E-state index contributed by atoms with van der Waals surface area (Å²) in [6, 6.07) is 0.255. The number of hydrogen-bond donors (Lipinski definition) is 1. The average molecular weight is 226 g/mol. The minimum atomic E-state index is -0.201. The molecule has 2 N–H and O–H groups in total. The first kappa shape index (κ1) is 11.9. The molecule has 0 aromatic carbocycles. The molecule has 0 aromatic heterocycles. The Kier molecular flexibility index (Phi) is 3.50. The molecule has 0 spiro atoms. The van der Waals surface area contributed by atoms with E-state index in [1.54, 1.807) is 0 Å². The van der Waals surface area contributed by atoms with Crippen LogP contribution < -0.4 is 5.73 Å². The van der Waals surface area contributed by atoms with Gasteiger partial charge in [-0.1, -0.05) is 6.92 Å². The summed E-state index contributed by atoms with van der Waals surface area (Å²) in [6.45, 7) is 4.17. The first-order valence-corrected chi connectivity index (χ1v) is 6.31. The first-order valence-electron chi connectivity index (χ1n) is 6.31. The van der Waals surface area contributed by atoms with E-state index < -0.39 is 0 Å². The molecule has 2 aliphatic rings. The lowest BCUT2D eigenvalue weighted by Crippen LogP contribution is -2.54. The highest BCUT2D eigenvalue weighted by Gasteiger charge is 2.37. The molecule has 0 aromatic rings. The summed E-state index contributed by atoms with van der Waals surface area (Å²) in [5, 5.41) is 0. The quantitative estimate of drug-likeness (QED) is 0.777. The lowest BCUT2D eigenvalue weighted by atomic mass is 9.75. The third kappa shape index (κ3) is 2.38. The van der Waals surface area contributed by atoms with E-state index in [0.29, 0.717) is 19.6 Å². The molecule has 1 unspecified atom stereocenters. The van der Waals surface area contributed by atoms with Crippen molar-refractivity contribution in [3.05, 3.63) is 0 Å². The maximum absolute atomic E-state index is 12.2. The van der Waals surface area contributed by atoms with E-state index in [1.807, 2.05) is 4.90 Å². The third-order valence-electron chi connectivity index (χ3n) is 3.87. The van der Waals surface area contributed by atoms with Gasteiger partial charge in [0.2, 0.25) is 5.91 Å². The van der Waals surface area contributed by atoms with Crippen molar-refractivity contribution in [2.45, 2.75) is 50.6 Å². The maximum Gasteiger partial charge on any atom is 0.224 e. The van der Waals surface area contributed by atoms with Crippen molar-refractivity contribution in [1.82, 2.24) is 4.90 Å². The van der Waals surface area contributed by atoms with E-state index in [4.69, 9.17) is 10.5 Å². The van der Waals surface area contributed by atoms with Crippen LogP contribution in [-0.4, -0.2) is 42.1 Å². The second-order valence-electron chi connectivity index (χ2n) is 5.12. The summed E-state index contributed by atoms with van der Waals surface area (Å²) in [5.74, 6) is 0.220. The van der Waals surface area contributed by atoms with Crippen LogP contribution in [0.2, 0.25) is 0 Å². The Hall–Kier alpha value is -0.610. The Morgan fingerprint density at radius 2 is 2.31 bits per heavy atom. The molecule has 4 nitrogen and oxygen atoms in total. The number of morpholine rings is 1. The predicted molar refractivity (Wildman–Crippen MR) is 62.0 cm³/mol. The molecule has 1 heterocycles. The number of rotatable bonds is 3. The Balaban J connectivity index is 1.91. The summed E-state index contributed by atoms with van der Waals surface area (Å²) >= 11 is 0. The number of ether oxygens (including phenoxy) is 1. The fraction of sp³-hybridized carbons (Fsp3) is 0.917. The molecule has 1 saturated carbocycles. The topological polar surface area (TPSA) is 55.6 Å². The van der Waals surface area contributed by atoms with E-state index in [0.717, 1.165) is 25.8 Å². The van der Waals surface area contributed by atoms with Gasteiger partial charge in [0, 0.05) is 18.5 Å². The van der Waals surface area contributed by atoms with Gasteiger partial charge in [0.05, 0.1) is 19.3 Å². The Morgan fingerprint density at radius 3 is 2.88 bits per heavy atom. The van der Waals surface area contributed by atoms with Crippen molar-refractivity contribution in [1.29, 1.82) is 0 Å². The molecule has 1 saturated heterocycles. The van der Waals surface area contributed by atoms with E-state index in [2.05, 4.69) is 6.92 Å². The Bertz CT molecular complexity index is 264. The van der Waals surface area contributed by atoms with Crippen LogP contribution in [0.4, 0.5) is 0 Å². The molecular formula is C12H22N2O2. The standard InChI is InChI=1S/C12H22N2O2/c1-2-10-9-16-7-6-14(10)11(15)8-12(13)4-3-5-12/h10H,2-9,13H2,1H3. The zero-order valence-corrected chi connectivity index (χ0v) is 10.1. The number of amides is 1. The minimum absolute atomic E-state index is 0.201. The number of nitrogens with zero attached hydrogens (tertiary/aromatic N) is 1. The monoisotopic (exact) mass is 226 g/mol. The smallest absolute Gasteiger partial charge is 0.224 e. The molecule has 1 aliphatic heterocycles. The van der Waals surface area contributed by atoms with Gasteiger partial charge in [-0.05, 0) is 25.7 Å². The van der Waals surface area contributed by atoms with Crippen molar-refractivity contribution in [3.63, 3.8) is 0 Å². The number of carbonyl (C=O) groups is 1. The van der Waals surface area contributed by atoms with Crippen LogP contribution in [0.5, 0.6) is 0 Å². The summed E-state index contributed by atoms with van der Waals surface area (Å²) in [5.41, 5.74) is 5.92. The second kappa shape index (κ2) is 4.72. The van der Waals surface area contributed by atoms with E-state index in [9.17, 15) is 4.79 Å². The van der Waals surface area contributed by atoms with Gasteiger partial charge in [-0.15, -0.1) is 0 Å². The van der Waals surface area contributed by atoms with Gasteiger partial charge in [0.1, 0.15) is 0 Å². The van der Waals surface area contributed by atoms with Gasteiger partial charge < -0.3 is 15.4 Å². The van der Waals surface area contributed by atoms with E-state index in [-0.39, 0.29) is 17.5 Å². The number of hydrogen-bond acceptors (Lipinski definition) is 3. The van der Waals surface area contributed by atoms with Crippen molar-refractivity contribution >= 4 is 5.91 Å². The fourth-order valence-corrected chi connectivity index (χ4v) is 2.53. The molecule has 0 bridgehead atoms. The molecule has 4 heteroatoms. The summed E-state index contributed by atoms with van der Waals surface area (Å²) in [7, 11) is 0. The molecule has 1 atom stereocenters. The average Bonchev–Trinajstić information content (AvgIpc) is 2.26. The predicted octanol–water partition coefficient (Wildman–Crippen LogP) is 0.895. The zero-order chi connectivity index (χ0) is 11.6. The lowest BCUT2D eigenvalue weighted by Gasteiger charge is -2.41. The molecule has 16 heavy (non-hydrogen) atoms. The zero-order valence-electron chi connectivity index (χ0n) is 10.1. The fourth-order valence-electron chi connectivity index (χ4n) is 2.53. The highest BCUT2D eigenvalue weighted by atomic mass is 16.5. The Morgan fingerprint density at radius 1 is 1.56 bits per heavy atom. The number of nitrogens with two attached hydrogens (primary N) is 1. The van der Waals surface area contributed by atoms with Crippen LogP contribution in [-0.2, 0) is 9.53 Å². The van der Waals surface area contributed by atoms with E-state index in [1.165, 1.54) is 6.42 Å². The van der Waals surface area contributed by atoms with Gasteiger partial charge in [-0.3, -0.25) is 4.79 Å². The third-order valence-corrected chi connectivity index (χ3v) is 3.87. The molecule has 2 fully saturated rings. The molecule has 92 valence electrons. The molecule has 1 aliphatic carbocycles.